The van der Waals surface area contributed by atoms with E-state index in [9.17, 15) is 9.59 Å². The standard InChI is InChI=1S/C13H18N2O3/c1-3-18-9-8-15(14)13(17)12(16)11-7-5-4-6-10(11)2/h4-7H,3,8-9,14H2,1-2H3. The van der Waals surface area contributed by atoms with Crippen LogP contribution in [0, 0.1) is 6.92 Å². The van der Waals surface area contributed by atoms with Gasteiger partial charge in [0.1, 0.15) is 0 Å². The van der Waals surface area contributed by atoms with Crippen molar-refractivity contribution >= 4 is 11.7 Å². The Hall–Kier alpha value is -1.72. The van der Waals surface area contributed by atoms with Crippen LogP contribution in [0.5, 0.6) is 0 Å². The Balaban J connectivity index is 2.67. The second-order valence-electron chi connectivity index (χ2n) is 3.84. The normalized spacial score (nSPS) is 10.2. The van der Waals surface area contributed by atoms with E-state index in [-0.39, 0.29) is 6.54 Å². The van der Waals surface area contributed by atoms with Gasteiger partial charge in [0.25, 0.3) is 5.78 Å². The van der Waals surface area contributed by atoms with E-state index in [1.54, 1.807) is 25.1 Å². The maximum atomic E-state index is 11.9. The molecule has 1 aromatic carbocycles. The van der Waals surface area contributed by atoms with Crippen LogP contribution in [0.15, 0.2) is 24.3 Å². The molecule has 2 N–H and O–H groups in total. The lowest BCUT2D eigenvalue weighted by atomic mass is 10.0. The van der Waals surface area contributed by atoms with Crippen LogP contribution in [0.2, 0.25) is 0 Å². The molecule has 18 heavy (non-hydrogen) atoms. The van der Waals surface area contributed by atoms with Gasteiger partial charge in [-0.2, -0.15) is 0 Å². The van der Waals surface area contributed by atoms with Gasteiger partial charge in [0.15, 0.2) is 0 Å². The lowest BCUT2D eigenvalue weighted by Crippen LogP contribution is -2.44. The molecule has 5 nitrogen and oxygen atoms in total. The highest BCUT2D eigenvalue weighted by Gasteiger charge is 2.21. The molecule has 0 saturated heterocycles. The van der Waals surface area contributed by atoms with Crippen molar-refractivity contribution < 1.29 is 14.3 Å². The van der Waals surface area contributed by atoms with Crippen LogP contribution in [0.25, 0.3) is 0 Å². The van der Waals surface area contributed by atoms with Crippen LogP contribution < -0.4 is 5.84 Å². The zero-order valence-corrected chi connectivity index (χ0v) is 10.7. The summed E-state index contributed by atoms with van der Waals surface area (Å²) in [5.74, 6) is 4.22. The maximum absolute atomic E-state index is 11.9. The number of benzene rings is 1. The molecule has 0 aliphatic rings. The Morgan fingerprint density at radius 1 is 1.33 bits per heavy atom. The van der Waals surface area contributed by atoms with Crippen LogP contribution in [0.3, 0.4) is 0 Å². The van der Waals surface area contributed by atoms with Crippen molar-refractivity contribution in [3.05, 3.63) is 35.4 Å². The van der Waals surface area contributed by atoms with Gasteiger partial charge in [-0.15, -0.1) is 0 Å². The molecule has 1 aromatic rings. The topological polar surface area (TPSA) is 72.6 Å². The first-order chi connectivity index (χ1) is 8.57. The first-order valence-electron chi connectivity index (χ1n) is 5.82. The van der Waals surface area contributed by atoms with Crippen molar-refractivity contribution in [3.8, 4) is 0 Å². The number of ketones is 1. The summed E-state index contributed by atoms with van der Waals surface area (Å²) < 4.78 is 5.08. The van der Waals surface area contributed by atoms with E-state index in [1.807, 2.05) is 13.0 Å². The number of hydrazine groups is 1. The van der Waals surface area contributed by atoms with Crippen molar-refractivity contribution in [2.75, 3.05) is 19.8 Å². The Morgan fingerprint density at radius 3 is 2.61 bits per heavy atom. The second kappa shape index (κ2) is 6.88. The molecule has 0 spiro atoms. The smallest absolute Gasteiger partial charge is 0.308 e. The number of carbonyl (C=O) groups is 2. The molecule has 0 fully saturated rings. The van der Waals surface area contributed by atoms with Gasteiger partial charge in [0.05, 0.1) is 13.2 Å². The van der Waals surface area contributed by atoms with Crippen LogP contribution >= 0.6 is 0 Å². The van der Waals surface area contributed by atoms with Crippen molar-refractivity contribution in [2.45, 2.75) is 13.8 Å². The molecule has 0 aliphatic heterocycles. The molecule has 0 atom stereocenters. The number of Topliss-reactive ketones (excluding diaryl/α,β-unsaturated/α-hetero) is 1. The summed E-state index contributed by atoms with van der Waals surface area (Å²) in [6.07, 6.45) is 0. The van der Waals surface area contributed by atoms with Gasteiger partial charge in [-0.1, -0.05) is 24.3 Å². The minimum absolute atomic E-state index is 0.199. The van der Waals surface area contributed by atoms with Gasteiger partial charge in [-0.3, -0.25) is 14.6 Å². The Bertz CT molecular complexity index is 432. The number of amides is 1. The quantitative estimate of drug-likeness (QED) is 0.203. The summed E-state index contributed by atoms with van der Waals surface area (Å²) in [5, 5.41) is 0.893. The Labute approximate surface area is 106 Å². The largest absolute Gasteiger partial charge is 0.380 e. The molecular formula is C13H18N2O3. The fraction of sp³-hybridized carbons (Fsp3) is 0.385. The molecule has 0 bridgehead atoms. The number of nitrogens with zero attached hydrogens (tertiary/aromatic N) is 1. The molecule has 1 amide bonds. The first kappa shape index (κ1) is 14.3. The predicted octanol–water partition coefficient (Wildman–Crippen LogP) is 0.917. The maximum Gasteiger partial charge on any atom is 0.308 e. The summed E-state index contributed by atoms with van der Waals surface area (Å²) >= 11 is 0. The highest BCUT2D eigenvalue weighted by molar-refractivity contribution is 6.42. The van der Waals surface area contributed by atoms with Crippen LogP contribution in [-0.2, 0) is 9.53 Å². The molecule has 0 aliphatic carbocycles. The van der Waals surface area contributed by atoms with E-state index in [4.69, 9.17) is 10.6 Å². The Kier molecular flexibility index (Phi) is 5.48. The molecule has 1 rings (SSSR count). The number of hydrogen-bond acceptors (Lipinski definition) is 4. The molecule has 0 radical (unpaired) electrons. The summed E-state index contributed by atoms with van der Waals surface area (Å²) in [6.45, 7) is 4.70. The third-order valence-corrected chi connectivity index (χ3v) is 2.53. The summed E-state index contributed by atoms with van der Waals surface area (Å²) in [7, 11) is 0. The third kappa shape index (κ3) is 3.65. The molecule has 0 saturated carbocycles. The summed E-state index contributed by atoms with van der Waals surface area (Å²) in [5.41, 5.74) is 1.14. The number of ether oxygens (including phenoxy) is 1. The van der Waals surface area contributed by atoms with Crippen LogP contribution in [-0.4, -0.2) is 36.5 Å². The number of hydrogen-bond donors (Lipinski definition) is 1. The van der Waals surface area contributed by atoms with Gasteiger partial charge in [0.2, 0.25) is 0 Å². The average Bonchev–Trinajstić information content (AvgIpc) is 2.38. The van der Waals surface area contributed by atoms with Gasteiger partial charge < -0.3 is 4.74 Å². The minimum Gasteiger partial charge on any atom is -0.380 e. The van der Waals surface area contributed by atoms with E-state index in [0.29, 0.717) is 18.8 Å². The van der Waals surface area contributed by atoms with Crippen LogP contribution in [0.1, 0.15) is 22.8 Å². The average molecular weight is 250 g/mol. The fourth-order valence-electron chi connectivity index (χ4n) is 1.48. The van der Waals surface area contributed by atoms with E-state index < -0.39 is 11.7 Å². The van der Waals surface area contributed by atoms with E-state index in [2.05, 4.69) is 0 Å². The molecule has 0 aromatic heterocycles. The van der Waals surface area contributed by atoms with E-state index in [0.717, 1.165) is 10.6 Å². The number of aryl methyl sites for hydroxylation is 1. The zero-order valence-electron chi connectivity index (χ0n) is 10.7. The third-order valence-electron chi connectivity index (χ3n) is 2.53. The van der Waals surface area contributed by atoms with E-state index in [1.165, 1.54) is 0 Å². The molecule has 0 unspecified atom stereocenters. The van der Waals surface area contributed by atoms with Crippen molar-refractivity contribution in [1.82, 2.24) is 5.01 Å². The lowest BCUT2D eigenvalue weighted by Gasteiger charge is -2.15. The van der Waals surface area contributed by atoms with E-state index >= 15 is 0 Å². The fourth-order valence-corrected chi connectivity index (χ4v) is 1.48. The Morgan fingerprint density at radius 2 is 2.00 bits per heavy atom. The molecule has 0 heterocycles. The van der Waals surface area contributed by atoms with Gasteiger partial charge in [0, 0.05) is 12.2 Å². The zero-order chi connectivity index (χ0) is 13.5. The second-order valence-corrected chi connectivity index (χ2v) is 3.84. The van der Waals surface area contributed by atoms with Crippen molar-refractivity contribution in [1.29, 1.82) is 0 Å². The minimum atomic E-state index is -0.719. The number of rotatable bonds is 6. The summed E-state index contributed by atoms with van der Waals surface area (Å²) in [4.78, 5) is 23.7. The molecule has 5 heteroatoms. The van der Waals surface area contributed by atoms with Crippen molar-refractivity contribution in [2.24, 2.45) is 5.84 Å². The SMILES string of the molecule is CCOCCN(N)C(=O)C(=O)c1ccccc1C. The highest BCUT2D eigenvalue weighted by Crippen LogP contribution is 2.08. The predicted molar refractivity (Wildman–Crippen MR) is 67.9 cm³/mol. The molecular weight excluding hydrogens is 232 g/mol. The first-order valence-corrected chi connectivity index (χ1v) is 5.82. The van der Waals surface area contributed by atoms with Gasteiger partial charge in [-0.05, 0) is 19.4 Å². The number of nitrogens with two attached hydrogens (primary N) is 1. The van der Waals surface area contributed by atoms with Crippen molar-refractivity contribution in [3.63, 3.8) is 0 Å². The van der Waals surface area contributed by atoms with Gasteiger partial charge >= 0.3 is 5.91 Å². The summed E-state index contributed by atoms with van der Waals surface area (Å²) in [6, 6.07) is 6.92. The monoisotopic (exact) mass is 250 g/mol. The molecule has 98 valence electrons. The number of carbonyl (C=O) groups excluding carboxylic acids is 2. The lowest BCUT2D eigenvalue weighted by molar-refractivity contribution is -0.127. The highest BCUT2D eigenvalue weighted by atomic mass is 16.5. The van der Waals surface area contributed by atoms with Crippen LogP contribution in [0.4, 0.5) is 0 Å². The van der Waals surface area contributed by atoms with Gasteiger partial charge in [-0.25, -0.2) is 5.84 Å².